The maximum atomic E-state index is 11.7. The molecule has 0 unspecified atom stereocenters. The number of rotatable bonds is 18. The molecule has 1 amide bonds. The summed E-state index contributed by atoms with van der Waals surface area (Å²) in [6.07, 6.45) is 14.6. The molecule has 1 atom stereocenters. The number of hydrogen-bond acceptors (Lipinski definition) is 3. The van der Waals surface area contributed by atoms with Crippen molar-refractivity contribution in [1.82, 2.24) is 5.32 Å². The maximum absolute atomic E-state index is 11.7. The maximum Gasteiger partial charge on any atom is 0.326 e. The van der Waals surface area contributed by atoms with Gasteiger partial charge in [0, 0.05) is 7.79 Å². The Hall–Kier alpha value is -1.59. The SMILES string of the molecule is [2H]CCCCCCCCCCCCCCCC(=O)N[C@@H](CC(=O)O)C(=O)O. The van der Waals surface area contributed by atoms with Crippen molar-refractivity contribution in [1.29, 1.82) is 0 Å². The quantitative estimate of drug-likeness (QED) is 0.307. The fourth-order valence-corrected chi connectivity index (χ4v) is 2.87. The number of amides is 1. The Labute approximate surface area is 159 Å². The van der Waals surface area contributed by atoms with Crippen molar-refractivity contribution in [3.05, 3.63) is 0 Å². The number of carboxylic acids is 2. The molecule has 0 heterocycles. The predicted molar refractivity (Wildman–Crippen MR) is 102 cm³/mol. The Kier molecular flexibility index (Phi) is 14.6. The van der Waals surface area contributed by atoms with Gasteiger partial charge in [0.1, 0.15) is 6.04 Å². The molecule has 0 aliphatic rings. The molecule has 0 aliphatic carbocycles. The lowest BCUT2D eigenvalue weighted by atomic mass is 10.0. The molecule has 0 rings (SSSR count). The van der Waals surface area contributed by atoms with Crippen LogP contribution in [0.15, 0.2) is 0 Å². The molecule has 0 aromatic carbocycles. The largest absolute Gasteiger partial charge is 0.481 e. The molecule has 26 heavy (non-hydrogen) atoms. The normalized spacial score (nSPS) is 12.4. The summed E-state index contributed by atoms with van der Waals surface area (Å²) < 4.78 is 7.08. The summed E-state index contributed by atoms with van der Waals surface area (Å²) in [6.45, 7) is 0.554. The first-order chi connectivity index (χ1) is 13.0. The van der Waals surface area contributed by atoms with E-state index >= 15 is 0 Å². The van der Waals surface area contributed by atoms with Crippen molar-refractivity contribution in [2.45, 2.75) is 109 Å². The number of unbranched alkanes of at least 4 members (excludes halogenated alkanes) is 12. The van der Waals surface area contributed by atoms with Crippen LogP contribution < -0.4 is 5.32 Å². The van der Waals surface area contributed by atoms with E-state index in [-0.39, 0.29) is 6.42 Å². The first kappa shape index (κ1) is 22.5. The van der Waals surface area contributed by atoms with Crippen molar-refractivity contribution < 1.29 is 26.0 Å². The summed E-state index contributed by atoms with van der Waals surface area (Å²) in [7, 11) is 0. The van der Waals surface area contributed by atoms with E-state index in [1.54, 1.807) is 0 Å². The molecule has 0 fully saturated rings. The van der Waals surface area contributed by atoms with Gasteiger partial charge in [-0.3, -0.25) is 9.59 Å². The lowest BCUT2D eigenvalue weighted by Gasteiger charge is -2.12. The minimum Gasteiger partial charge on any atom is -0.481 e. The molecule has 0 spiro atoms. The lowest BCUT2D eigenvalue weighted by Crippen LogP contribution is -2.42. The first-order valence-corrected chi connectivity index (χ1v) is 10.0. The van der Waals surface area contributed by atoms with Crippen molar-refractivity contribution in [2.75, 3.05) is 0 Å². The highest BCUT2D eigenvalue weighted by atomic mass is 16.4. The molecule has 0 radical (unpaired) electrons. The number of nitrogens with one attached hydrogen (secondary N) is 1. The van der Waals surface area contributed by atoms with E-state index in [4.69, 9.17) is 11.6 Å². The molecule has 0 aromatic heterocycles. The zero-order valence-corrected chi connectivity index (χ0v) is 16.0. The second kappa shape index (κ2) is 16.9. The van der Waals surface area contributed by atoms with Crippen LogP contribution in [0, 0.1) is 0 Å². The zero-order chi connectivity index (χ0) is 20.3. The Morgan fingerprint density at radius 3 is 1.69 bits per heavy atom. The summed E-state index contributed by atoms with van der Waals surface area (Å²) >= 11 is 0. The summed E-state index contributed by atoms with van der Waals surface area (Å²) in [5.74, 6) is -2.96. The van der Waals surface area contributed by atoms with Gasteiger partial charge in [0.05, 0.1) is 6.42 Å². The second-order valence-electron chi connectivity index (χ2n) is 6.90. The van der Waals surface area contributed by atoms with Crippen LogP contribution in [0.2, 0.25) is 0 Å². The Balaban J connectivity index is 3.44. The lowest BCUT2D eigenvalue weighted by molar-refractivity contribution is -0.147. The molecule has 152 valence electrons. The van der Waals surface area contributed by atoms with Gasteiger partial charge in [-0.2, -0.15) is 0 Å². The number of carbonyl (C=O) groups is 3. The van der Waals surface area contributed by atoms with Crippen LogP contribution in [-0.2, 0) is 14.4 Å². The van der Waals surface area contributed by atoms with Crippen LogP contribution in [0.1, 0.15) is 105 Å². The molecular formula is C20H37NO5. The average Bonchev–Trinajstić information content (AvgIpc) is 2.61. The third-order valence-electron chi connectivity index (χ3n) is 4.42. The van der Waals surface area contributed by atoms with Gasteiger partial charge >= 0.3 is 11.9 Å². The summed E-state index contributed by atoms with van der Waals surface area (Å²) in [4.78, 5) is 33.1. The highest BCUT2D eigenvalue weighted by Gasteiger charge is 2.22. The number of hydrogen-bond donors (Lipinski definition) is 3. The average molecular weight is 373 g/mol. The van der Waals surface area contributed by atoms with E-state index in [1.807, 2.05) is 0 Å². The van der Waals surface area contributed by atoms with Gasteiger partial charge < -0.3 is 15.5 Å². The number of carboxylic acid groups (broad SMARTS) is 2. The molecule has 6 heteroatoms. The van der Waals surface area contributed by atoms with Crippen molar-refractivity contribution >= 4 is 17.8 Å². The summed E-state index contributed by atoms with van der Waals surface area (Å²) in [5.41, 5.74) is 0. The van der Waals surface area contributed by atoms with Gasteiger partial charge in [-0.05, 0) is 6.42 Å². The number of aliphatic carboxylic acids is 2. The number of carbonyl (C=O) groups excluding carboxylic acids is 1. The monoisotopic (exact) mass is 372 g/mol. The van der Waals surface area contributed by atoms with E-state index in [9.17, 15) is 14.4 Å². The van der Waals surface area contributed by atoms with Gasteiger partial charge in [-0.1, -0.05) is 83.9 Å². The molecule has 0 aliphatic heterocycles. The van der Waals surface area contributed by atoms with Gasteiger partial charge in [0.15, 0.2) is 0 Å². The molecule has 0 saturated carbocycles. The van der Waals surface area contributed by atoms with Crippen LogP contribution in [0.3, 0.4) is 0 Å². The van der Waals surface area contributed by atoms with E-state index in [1.165, 1.54) is 51.4 Å². The Morgan fingerprint density at radius 1 is 0.808 bits per heavy atom. The van der Waals surface area contributed by atoms with Crippen molar-refractivity contribution in [3.63, 3.8) is 0 Å². The fraction of sp³-hybridized carbons (Fsp3) is 0.850. The molecule has 6 nitrogen and oxygen atoms in total. The van der Waals surface area contributed by atoms with E-state index in [0.29, 0.717) is 13.3 Å². The molecule has 0 bridgehead atoms. The zero-order valence-electron chi connectivity index (χ0n) is 17.0. The third-order valence-corrected chi connectivity index (χ3v) is 4.42. The van der Waals surface area contributed by atoms with Crippen LogP contribution in [0.4, 0.5) is 0 Å². The van der Waals surface area contributed by atoms with Gasteiger partial charge in [-0.15, -0.1) is 0 Å². The standard InChI is InChI=1S/C20H37NO5/c1-2-3-4-5-6-7-8-9-10-11-12-13-14-15-18(22)21-17(20(25)26)16-19(23)24/h17H,2-16H2,1H3,(H,21,22)(H,23,24)(H,25,26)/t17-/m0/s1/i1D. The van der Waals surface area contributed by atoms with Crippen LogP contribution in [0.5, 0.6) is 0 Å². The second-order valence-corrected chi connectivity index (χ2v) is 6.90. The van der Waals surface area contributed by atoms with Gasteiger partial charge in [-0.25, -0.2) is 4.79 Å². The summed E-state index contributed by atoms with van der Waals surface area (Å²) in [5, 5.41) is 19.8. The molecule has 0 aromatic rings. The first-order valence-electron chi connectivity index (χ1n) is 10.7. The Morgan fingerprint density at radius 2 is 1.27 bits per heavy atom. The fourth-order valence-electron chi connectivity index (χ4n) is 2.87. The minimum atomic E-state index is -1.35. The van der Waals surface area contributed by atoms with Crippen molar-refractivity contribution in [2.24, 2.45) is 0 Å². The minimum absolute atomic E-state index is 0.240. The predicted octanol–water partition coefficient (Wildman–Crippen LogP) is 4.51. The van der Waals surface area contributed by atoms with E-state index < -0.39 is 30.3 Å². The molecule has 0 saturated heterocycles. The Bertz CT molecular complexity index is 417. The topological polar surface area (TPSA) is 104 Å². The molecular weight excluding hydrogens is 334 g/mol. The highest BCUT2D eigenvalue weighted by molar-refractivity contribution is 5.86. The van der Waals surface area contributed by atoms with E-state index in [0.717, 1.165) is 25.7 Å². The highest BCUT2D eigenvalue weighted by Crippen LogP contribution is 2.13. The third kappa shape index (κ3) is 15.9. The molecule has 3 N–H and O–H groups in total. The van der Waals surface area contributed by atoms with Crippen LogP contribution in [0.25, 0.3) is 0 Å². The van der Waals surface area contributed by atoms with E-state index in [2.05, 4.69) is 5.32 Å². The van der Waals surface area contributed by atoms with Crippen LogP contribution >= 0.6 is 0 Å². The van der Waals surface area contributed by atoms with Gasteiger partial charge in [0.2, 0.25) is 5.91 Å². The van der Waals surface area contributed by atoms with Crippen LogP contribution in [-0.4, -0.2) is 34.1 Å². The van der Waals surface area contributed by atoms with Gasteiger partial charge in [0.25, 0.3) is 0 Å². The summed E-state index contributed by atoms with van der Waals surface area (Å²) in [6, 6.07) is -1.35. The van der Waals surface area contributed by atoms with Crippen molar-refractivity contribution in [3.8, 4) is 0 Å². The smallest absolute Gasteiger partial charge is 0.326 e.